The molecule has 0 saturated carbocycles. The number of methoxy groups -OCH3 is 1. The van der Waals surface area contributed by atoms with Crippen molar-refractivity contribution in [1.82, 2.24) is 5.32 Å². The van der Waals surface area contributed by atoms with E-state index >= 15 is 0 Å². The van der Waals surface area contributed by atoms with E-state index in [2.05, 4.69) is 5.32 Å². The van der Waals surface area contributed by atoms with Crippen molar-refractivity contribution in [1.29, 1.82) is 0 Å². The van der Waals surface area contributed by atoms with Crippen LogP contribution in [0.4, 0.5) is 18.0 Å². The lowest BCUT2D eigenvalue weighted by Gasteiger charge is -2.13. The third-order valence-electron chi connectivity index (χ3n) is 4.35. The average Bonchev–Trinajstić information content (AvgIpc) is 2.98. The zero-order valence-electron chi connectivity index (χ0n) is 15.4. The van der Waals surface area contributed by atoms with Gasteiger partial charge in [0.15, 0.2) is 0 Å². The molecular formula is C20H18F3NO4S. The number of ether oxygens (including phenoxy) is 2. The Kier molecular flexibility index (Phi) is 6.36. The van der Waals surface area contributed by atoms with Crippen LogP contribution in [0.5, 0.6) is 11.5 Å². The number of carbonyl (C=O) groups excluding carboxylic acids is 2. The van der Waals surface area contributed by atoms with E-state index in [4.69, 9.17) is 9.47 Å². The highest BCUT2D eigenvalue weighted by atomic mass is 32.2. The Balaban J connectivity index is 1.62. The van der Waals surface area contributed by atoms with Crippen LogP contribution in [0.25, 0.3) is 0 Å². The van der Waals surface area contributed by atoms with Crippen molar-refractivity contribution in [3.63, 3.8) is 0 Å². The Morgan fingerprint density at radius 3 is 2.41 bits per heavy atom. The molecule has 2 amide bonds. The van der Waals surface area contributed by atoms with Crippen LogP contribution in [0.2, 0.25) is 0 Å². The van der Waals surface area contributed by atoms with E-state index in [1.165, 1.54) is 19.2 Å². The number of hydrogen-bond donors (Lipinski definition) is 1. The van der Waals surface area contributed by atoms with E-state index in [1.54, 1.807) is 6.07 Å². The summed E-state index contributed by atoms with van der Waals surface area (Å²) in [4.78, 5) is 23.0. The lowest BCUT2D eigenvalue weighted by molar-refractivity contribution is -0.137. The van der Waals surface area contributed by atoms with Crippen LogP contribution in [-0.4, -0.2) is 30.1 Å². The van der Waals surface area contributed by atoms with Crippen LogP contribution in [0, 0.1) is 0 Å². The molecule has 1 N–H and O–H groups in total. The van der Waals surface area contributed by atoms with Crippen LogP contribution < -0.4 is 14.8 Å². The van der Waals surface area contributed by atoms with Crippen molar-refractivity contribution in [3.8, 4) is 11.5 Å². The number of nitrogens with one attached hydrogen (secondary N) is 1. The van der Waals surface area contributed by atoms with Crippen molar-refractivity contribution < 1.29 is 32.2 Å². The van der Waals surface area contributed by atoms with Crippen molar-refractivity contribution in [2.45, 2.75) is 24.3 Å². The van der Waals surface area contributed by atoms with Crippen molar-refractivity contribution in [2.75, 3.05) is 13.7 Å². The Morgan fingerprint density at radius 1 is 1.10 bits per heavy atom. The molecule has 2 aromatic rings. The van der Waals surface area contributed by atoms with Gasteiger partial charge in [-0.2, -0.15) is 13.2 Å². The molecule has 5 nitrogen and oxygen atoms in total. The van der Waals surface area contributed by atoms with Gasteiger partial charge in [0.05, 0.1) is 24.5 Å². The van der Waals surface area contributed by atoms with Gasteiger partial charge in [-0.3, -0.25) is 14.9 Å². The fourth-order valence-corrected chi connectivity index (χ4v) is 3.77. The third kappa shape index (κ3) is 5.44. The number of alkyl halides is 3. The summed E-state index contributed by atoms with van der Waals surface area (Å²) in [6.07, 6.45) is -3.52. The van der Waals surface area contributed by atoms with Crippen LogP contribution in [0.3, 0.4) is 0 Å². The predicted molar refractivity (Wildman–Crippen MR) is 102 cm³/mol. The lowest BCUT2D eigenvalue weighted by Crippen LogP contribution is -2.25. The molecule has 2 aromatic carbocycles. The van der Waals surface area contributed by atoms with Crippen LogP contribution >= 0.6 is 11.8 Å². The van der Waals surface area contributed by atoms with E-state index in [0.717, 1.165) is 35.0 Å². The molecule has 0 aliphatic carbocycles. The van der Waals surface area contributed by atoms with Crippen molar-refractivity contribution in [3.05, 3.63) is 59.2 Å². The molecule has 0 bridgehead atoms. The highest BCUT2D eigenvalue weighted by Gasteiger charge is 2.32. The van der Waals surface area contributed by atoms with Gasteiger partial charge in [0.1, 0.15) is 11.5 Å². The van der Waals surface area contributed by atoms with E-state index in [1.807, 2.05) is 12.1 Å². The van der Waals surface area contributed by atoms with Gasteiger partial charge in [-0.1, -0.05) is 23.9 Å². The Bertz CT molecular complexity index is 900. The van der Waals surface area contributed by atoms with Crippen LogP contribution in [-0.2, 0) is 23.8 Å². The molecule has 0 aromatic heterocycles. The second-order valence-corrected chi connectivity index (χ2v) is 7.53. The SMILES string of the molecule is COc1ccc(CC2SC(=O)NC2=O)cc1CCOc1ccc(C(F)(F)F)cc1. The topological polar surface area (TPSA) is 64.6 Å². The number of rotatable bonds is 7. The molecule has 29 heavy (non-hydrogen) atoms. The monoisotopic (exact) mass is 425 g/mol. The average molecular weight is 425 g/mol. The third-order valence-corrected chi connectivity index (χ3v) is 5.34. The number of benzene rings is 2. The highest BCUT2D eigenvalue weighted by molar-refractivity contribution is 8.15. The summed E-state index contributed by atoms with van der Waals surface area (Å²) in [6.45, 7) is 0.238. The molecule has 1 fully saturated rings. The fourth-order valence-electron chi connectivity index (χ4n) is 2.91. The number of amides is 2. The molecule has 1 saturated heterocycles. The molecule has 1 aliphatic rings. The van der Waals surface area contributed by atoms with Gasteiger partial charge in [-0.25, -0.2) is 0 Å². The summed E-state index contributed by atoms with van der Waals surface area (Å²) in [7, 11) is 1.54. The minimum absolute atomic E-state index is 0.238. The molecule has 0 radical (unpaired) electrons. The zero-order chi connectivity index (χ0) is 21.0. The summed E-state index contributed by atoms with van der Waals surface area (Å²) >= 11 is 0.967. The van der Waals surface area contributed by atoms with E-state index < -0.39 is 17.0 Å². The molecule has 0 spiro atoms. The van der Waals surface area contributed by atoms with Gasteiger partial charge in [-0.15, -0.1) is 0 Å². The summed E-state index contributed by atoms with van der Waals surface area (Å²) in [5.41, 5.74) is 0.982. The standard InChI is InChI=1S/C20H18F3NO4S/c1-27-16-7-2-12(11-17-18(25)24-19(26)29-17)10-13(16)8-9-28-15-5-3-14(4-6-15)20(21,22)23/h2-7,10,17H,8-9,11H2,1H3,(H,24,25,26). The molecule has 1 heterocycles. The smallest absolute Gasteiger partial charge is 0.416 e. The van der Waals surface area contributed by atoms with Gasteiger partial charge < -0.3 is 9.47 Å². The molecular weight excluding hydrogens is 407 g/mol. The summed E-state index contributed by atoms with van der Waals surface area (Å²) in [5.74, 6) is 0.679. The Hall–Kier alpha value is -2.68. The molecule has 154 valence electrons. The summed E-state index contributed by atoms with van der Waals surface area (Å²) in [5, 5.41) is 1.45. The maximum atomic E-state index is 12.6. The van der Waals surface area contributed by atoms with Crippen LogP contribution in [0.15, 0.2) is 42.5 Å². The normalized spacial score (nSPS) is 16.6. The maximum Gasteiger partial charge on any atom is 0.416 e. The largest absolute Gasteiger partial charge is 0.496 e. The second-order valence-electron chi connectivity index (χ2n) is 6.35. The minimum Gasteiger partial charge on any atom is -0.496 e. The molecule has 9 heteroatoms. The number of imide groups is 1. The first kappa shape index (κ1) is 21.0. The van der Waals surface area contributed by atoms with E-state index in [9.17, 15) is 22.8 Å². The second kappa shape index (κ2) is 8.77. The molecule has 1 atom stereocenters. The lowest BCUT2D eigenvalue weighted by atomic mass is 10.0. The first-order chi connectivity index (χ1) is 13.8. The summed E-state index contributed by atoms with van der Waals surface area (Å²) < 4.78 is 48.7. The Labute approximate surface area is 169 Å². The molecule has 1 unspecified atom stereocenters. The molecule has 3 rings (SSSR count). The van der Waals surface area contributed by atoms with E-state index in [0.29, 0.717) is 24.3 Å². The van der Waals surface area contributed by atoms with Crippen LogP contribution in [0.1, 0.15) is 16.7 Å². The van der Waals surface area contributed by atoms with Crippen molar-refractivity contribution >= 4 is 22.9 Å². The van der Waals surface area contributed by atoms with Crippen molar-refractivity contribution in [2.24, 2.45) is 0 Å². The first-order valence-corrected chi connectivity index (χ1v) is 9.61. The summed E-state index contributed by atoms with van der Waals surface area (Å²) in [6, 6.07) is 10.0. The van der Waals surface area contributed by atoms with Gasteiger partial charge >= 0.3 is 6.18 Å². The number of thioether (sulfide) groups is 1. The van der Waals surface area contributed by atoms with Gasteiger partial charge in [0.25, 0.3) is 5.24 Å². The number of hydrogen-bond acceptors (Lipinski definition) is 5. The number of halogens is 3. The van der Waals surface area contributed by atoms with Gasteiger partial charge in [0, 0.05) is 6.42 Å². The molecule has 1 aliphatic heterocycles. The van der Waals surface area contributed by atoms with Gasteiger partial charge in [0.2, 0.25) is 5.91 Å². The highest BCUT2D eigenvalue weighted by Crippen LogP contribution is 2.30. The quantitative estimate of drug-likeness (QED) is 0.719. The maximum absolute atomic E-state index is 12.6. The first-order valence-electron chi connectivity index (χ1n) is 8.73. The fraction of sp³-hybridized carbons (Fsp3) is 0.300. The zero-order valence-corrected chi connectivity index (χ0v) is 16.2. The van der Waals surface area contributed by atoms with E-state index in [-0.39, 0.29) is 17.8 Å². The predicted octanol–water partition coefficient (Wildman–Crippen LogP) is 4.23. The minimum atomic E-state index is -4.38. The van der Waals surface area contributed by atoms with Gasteiger partial charge in [-0.05, 0) is 47.9 Å². The number of carbonyl (C=O) groups is 2. The Morgan fingerprint density at radius 2 is 1.83 bits per heavy atom.